The van der Waals surface area contributed by atoms with E-state index in [9.17, 15) is 8.42 Å². The molecular weight excluding hydrogens is 424 g/mol. The van der Waals surface area contributed by atoms with Gasteiger partial charge in [0.05, 0.1) is 12.0 Å². The Morgan fingerprint density at radius 3 is 2.69 bits per heavy atom. The Labute approximate surface area is 159 Å². The van der Waals surface area contributed by atoms with Gasteiger partial charge in [-0.15, -0.1) is 0 Å². The summed E-state index contributed by atoms with van der Waals surface area (Å²) >= 11 is 3.32. The van der Waals surface area contributed by atoms with E-state index in [0.717, 1.165) is 0 Å². The molecule has 1 aromatic carbocycles. The molecule has 2 aliphatic rings. The van der Waals surface area contributed by atoms with Crippen molar-refractivity contribution in [1.29, 1.82) is 0 Å². The molecule has 1 aliphatic heterocycles. The first kappa shape index (κ1) is 17.8. The minimum absolute atomic E-state index is 0.0860. The largest absolute Gasteiger partial charge is 0.493 e. The standard InChI is InChI=1S/C17H19BrN2O5S/c1-16(2)10-14(19-25-16)26(21,22)17(5-6-17)15-12-9-11(23-8-7-18)3-4-13(12)24-20-15/h3-4,9H,5-8,10H2,1-2H3. The van der Waals surface area contributed by atoms with Crippen LogP contribution >= 0.6 is 15.9 Å². The van der Waals surface area contributed by atoms with Gasteiger partial charge in [0.25, 0.3) is 0 Å². The number of oxime groups is 1. The highest BCUT2D eigenvalue weighted by molar-refractivity contribution is 9.09. The number of nitrogens with zero attached hydrogens (tertiary/aromatic N) is 2. The summed E-state index contributed by atoms with van der Waals surface area (Å²) in [5, 5.41) is 9.42. The molecule has 0 bridgehead atoms. The molecule has 2 aromatic rings. The first-order valence-electron chi connectivity index (χ1n) is 8.37. The lowest BCUT2D eigenvalue weighted by atomic mass is 10.1. The van der Waals surface area contributed by atoms with E-state index in [2.05, 4.69) is 26.2 Å². The van der Waals surface area contributed by atoms with Crippen LogP contribution in [0.1, 0.15) is 38.8 Å². The number of sulfone groups is 1. The molecule has 1 fully saturated rings. The quantitative estimate of drug-likeness (QED) is 0.657. The number of rotatable bonds is 5. The lowest BCUT2D eigenvalue weighted by Gasteiger charge is -2.15. The van der Waals surface area contributed by atoms with E-state index in [1.165, 1.54) is 0 Å². The molecule has 0 atom stereocenters. The Balaban J connectivity index is 1.75. The summed E-state index contributed by atoms with van der Waals surface area (Å²) < 4.78 is 36.5. The second-order valence-corrected chi connectivity index (χ2v) is 10.3. The van der Waals surface area contributed by atoms with Crippen LogP contribution in [0, 0.1) is 0 Å². The fourth-order valence-electron chi connectivity index (χ4n) is 3.21. The Bertz CT molecular complexity index is 992. The third-order valence-electron chi connectivity index (χ3n) is 4.72. The van der Waals surface area contributed by atoms with Gasteiger partial charge in [-0.25, -0.2) is 8.42 Å². The molecule has 2 heterocycles. The second kappa shape index (κ2) is 5.95. The highest BCUT2D eigenvalue weighted by Gasteiger charge is 2.61. The van der Waals surface area contributed by atoms with E-state index in [4.69, 9.17) is 14.1 Å². The van der Waals surface area contributed by atoms with Gasteiger partial charge in [0.15, 0.2) is 10.6 Å². The maximum absolute atomic E-state index is 13.3. The smallest absolute Gasteiger partial charge is 0.206 e. The number of fused-ring (bicyclic) bond motifs is 1. The number of aromatic nitrogens is 1. The molecule has 7 nitrogen and oxygen atoms in total. The normalized spacial score (nSPS) is 20.7. The summed E-state index contributed by atoms with van der Waals surface area (Å²) in [5.74, 6) is 0.650. The topological polar surface area (TPSA) is 91.0 Å². The summed E-state index contributed by atoms with van der Waals surface area (Å²) in [6, 6.07) is 5.32. The Kier molecular flexibility index (Phi) is 4.07. The van der Waals surface area contributed by atoms with E-state index in [1.54, 1.807) is 18.2 Å². The molecule has 1 aliphatic carbocycles. The van der Waals surface area contributed by atoms with E-state index in [-0.39, 0.29) is 11.5 Å². The lowest BCUT2D eigenvalue weighted by Crippen LogP contribution is -2.30. The number of hydrogen-bond donors (Lipinski definition) is 0. The zero-order chi connectivity index (χ0) is 18.6. The van der Waals surface area contributed by atoms with Crippen molar-refractivity contribution >= 4 is 41.8 Å². The fraction of sp³-hybridized carbons (Fsp3) is 0.529. The number of alkyl halides is 1. The minimum Gasteiger partial charge on any atom is -0.493 e. The maximum atomic E-state index is 13.3. The van der Waals surface area contributed by atoms with Gasteiger partial charge < -0.3 is 14.1 Å². The van der Waals surface area contributed by atoms with E-state index in [1.807, 2.05) is 13.8 Å². The van der Waals surface area contributed by atoms with Crippen LogP contribution in [0.2, 0.25) is 0 Å². The van der Waals surface area contributed by atoms with Crippen LogP contribution in [0.15, 0.2) is 27.9 Å². The van der Waals surface area contributed by atoms with E-state index < -0.39 is 20.2 Å². The molecule has 1 aromatic heterocycles. The summed E-state index contributed by atoms with van der Waals surface area (Å²) in [6.45, 7) is 4.15. The molecule has 9 heteroatoms. The van der Waals surface area contributed by atoms with E-state index >= 15 is 0 Å². The maximum Gasteiger partial charge on any atom is 0.206 e. The third kappa shape index (κ3) is 2.72. The zero-order valence-electron chi connectivity index (χ0n) is 14.5. The van der Waals surface area contributed by atoms with Gasteiger partial charge in [0.2, 0.25) is 9.84 Å². The lowest BCUT2D eigenvalue weighted by molar-refractivity contribution is 0.0123. The SMILES string of the molecule is CC1(C)CC(S(=O)(=O)C2(c3noc4ccc(OCCBr)cc34)CC2)=NO1. The summed E-state index contributed by atoms with van der Waals surface area (Å²) in [7, 11) is -3.69. The molecule has 0 N–H and O–H groups in total. The van der Waals surface area contributed by atoms with Gasteiger partial charge in [-0.1, -0.05) is 26.2 Å². The van der Waals surface area contributed by atoms with Crippen LogP contribution in [-0.4, -0.2) is 36.2 Å². The predicted octanol–water partition coefficient (Wildman–Crippen LogP) is 3.52. The summed E-state index contributed by atoms with van der Waals surface area (Å²) in [4.78, 5) is 5.27. The first-order chi connectivity index (χ1) is 12.3. The van der Waals surface area contributed by atoms with Gasteiger partial charge in [-0.2, -0.15) is 0 Å². The van der Waals surface area contributed by atoms with E-state index in [0.29, 0.717) is 47.2 Å². The van der Waals surface area contributed by atoms with Crippen molar-refractivity contribution in [2.75, 3.05) is 11.9 Å². The molecule has 4 rings (SSSR count). The number of hydrogen-bond acceptors (Lipinski definition) is 7. The molecular formula is C17H19BrN2O5S. The molecule has 0 saturated heterocycles. The first-order valence-corrected chi connectivity index (χ1v) is 11.0. The summed E-state index contributed by atoms with van der Waals surface area (Å²) in [5.41, 5.74) is 0.364. The number of benzene rings is 1. The van der Waals surface area contributed by atoms with Crippen LogP contribution < -0.4 is 4.74 Å². The molecule has 1 saturated carbocycles. The second-order valence-electron chi connectivity index (χ2n) is 7.24. The number of ether oxygens (including phenoxy) is 1. The van der Waals surface area contributed by atoms with Crippen molar-refractivity contribution in [3.8, 4) is 5.75 Å². The zero-order valence-corrected chi connectivity index (χ0v) is 16.9. The fourth-order valence-corrected chi connectivity index (χ4v) is 5.54. The van der Waals surface area contributed by atoms with Crippen molar-refractivity contribution < 1.29 is 22.5 Å². The van der Waals surface area contributed by atoms with Crippen molar-refractivity contribution in [3.63, 3.8) is 0 Å². The van der Waals surface area contributed by atoms with Crippen molar-refractivity contribution in [1.82, 2.24) is 5.16 Å². The predicted molar refractivity (Wildman–Crippen MR) is 100 cm³/mol. The Morgan fingerprint density at radius 2 is 2.08 bits per heavy atom. The monoisotopic (exact) mass is 442 g/mol. The average molecular weight is 443 g/mol. The van der Waals surface area contributed by atoms with Gasteiger partial charge in [0.1, 0.15) is 21.8 Å². The molecule has 0 unspecified atom stereocenters. The highest BCUT2D eigenvalue weighted by atomic mass is 79.9. The van der Waals surface area contributed by atoms with Gasteiger partial charge in [0, 0.05) is 11.8 Å². The van der Waals surface area contributed by atoms with Crippen LogP contribution in [0.5, 0.6) is 5.75 Å². The highest BCUT2D eigenvalue weighted by Crippen LogP contribution is 2.55. The minimum atomic E-state index is -3.69. The van der Waals surface area contributed by atoms with Gasteiger partial charge in [-0.3, -0.25) is 0 Å². The number of halogens is 1. The van der Waals surface area contributed by atoms with Crippen molar-refractivity contribution in [2.24, 2.45) is 5.16 Å². The summed E-state index contributed by atoms with van der Waals surface area (Å²) in [6.07, 6.45) is 1.23. The van der Waals surface area contributed by atoms with Crippen molar-refractivity contribution in [2.45, 2.75) is 43.5 Å². The van der Waals surface area contributed by atoms with Crippen molar-refractivity contribution in [3.05, 3.63) is 23.9 Å². The van der Waals surface area contributed by atoms with Crippen LogP contribution in [-0.2, 0) is 19.4 Å². The van der Waals surface area contributed by atoms with Crippen LogP contribution in [0.3, 0.4) is 0 Å². The van der Waals surface area contributed by atoms with Gasteiger partial charge in [-0.05, 0) is 44.9 Å². The Morgan fingerprint density at radius 1 is 1.31 bits per heavy atom. The molecule has 0 radical (unpaired) electrons. The molecule has 0 amide bonds. The van der Waals surface area contributed by atoms with Gasteiger partial charge >= 0.3 is 0 Å². The molecule has 0 spiro atoms. The van der Waals surface area contributed by atoms with Crippen LogP contribution in [0.25, 0.3) is 11.0 Å². The molecule has 140 valence electrons. The Hall–Kier alpha value is -1.61. The average Bonchev–Trinajstić information content (AvgIpc) is 3.18. The third-order valence-corrected chi connectivity index (χ3v) is 7.51. The molecule has 26 heavy (non-hydrogen) atoms. The van der Waals surface area contributed by atoms with Crippen LogP contribution in [0.4, 0.5) is 0 Å².